The predicted molar refractivity (Wildman–Crippen MR) is 122 cm³/mol. The van der Waals surface area contributed by atoms with Crippen LogP contribution < -0.4 is 14.8 Å². The van der Waals surface area contributed by atoms with Crippen molar-refractivity contribution in [3.63, 3.8) is 0 Å². The monoisotopic (exact) mass is 442 g/mol. The summed E-state index contributed by atoms with van der Waals surface area (Å²) in [5.41, 5.74) is 2.57. The number of hydrogen-bond acceptors (Lipinski definition) is 7. The lowest BCUT2D eigenvalue weighted by molar-refractivity contribution is 0.102. The molecular weight excluding hydrogens is 424 g/mol. The minimum Gasteiger partial charge on any atom is -0.497 e. The average molecular weight is 443 g/mol. The highest BCUT2D eigenvalue weighted by molar-refractivity contribution is 7.10. The third kappa shape index (κ3) is 4.91. The Morgan fingerprint density at radius 2 is 1.88 bits per heavy atom. The first-order valence-electron chi connectivity index (χ1n) is 9.66. The second-order valence-corrected chi connectivity index (χ2v) is 7.45. The van der Waals surface area contributed by atoms with Crippen molar-refractivity contribution >= 4 is 22.6 Å². The molecule has 7 nitrogen and oxygen atoms in total. The number of anilines is 1. The van der Waals surface area contributed by atoms with Gasteiger partial charge in [-0.25, -0.2) is 0 Å². The zero-order valence-electron chi connectivity index (χ0n) is 17.1. The van der Waals surface area contributed by atoms with Gasteiger partial charge in [0.2, 0.25) is 5.13 Å². The van der Waals surface area contributed by atoms with Crippen LogP contribution in [0.15, 0.2) is 72.8 Å². The van der Waals surface area contributed by atoms with E-state index in [-0.39, 0.29) is 12.5 Å². The number of ether oxygens (including phenoxy) is 2. The Balaban J connectivity index is 1.43. The molecule has 1 amide bonds. The number of benzene rings is 3. The Morgan fingerprint density at radius 3 is 2.72 bits per heavy atom. The van der Waals surface area contributed by atoms with Gasteiger partial charge in [-0.05, 0) is 36.4 Å². The van der Waals surface area contributed by atoms with Gasteiger partial charge in [-0.3, -0.25) is 10.1 Å². The first kappa shape index (κ1) is 21.0. The lowest BCUT2D eigenvalue weighted by Gasteiger charge is -2.09. The Hall–Kier alpha value is -4.22. The molecule has 1 heterocycles. The molecule has 4 aromatic rings. The second kappa shape index (κ2) is 9.73. The fourth-order valence-corrected chi connectivity index (χ4v) is 3.55. The number of nitrogens with zero attached hydrogens (tertiary/aromatic N) is 3. The van der Waals surface area contributed by atoms with Gasteiger partial charge in [-0.1, -0.05) is 36.4 Å². The van der Waals surface area contributed by atoms with Crippen molar-refractivity contribution in [2.75, 3.05) is 12.4 Å². The molecule has 8 heteroatoms. The minimum atomic E-state index is -0.318. The molecule has 3 aromatic carbocycles. The average Bonchev–Trinajstić information content (AvgIpc) is 3.31. The highest BCUT2D eigenvalue weighted by atomic mass is 32.1. The summed E-state index contributed by atoms with van der Waals surface area (Å²) in [4.78, 5) is 17.1. The van der Waals surface area contributed by atoms with Gasteiger partial charge in [0, 0.05) is 28.2 Å². The molecule has 0 unspecified atom stereocenters. The maximum Gasteiger partial charge on any atom is 0.257 e. The van der Waals surface area contributed by atoms with E-state index in [1.807, 2.05) is 36.4 Å². The number of aromatic nitrogens is 2. The van der Waals surface area contributed by atoms with E-state index >= 15 is 0 Å². The van der Waals surface area contributed by atoms with Crippen LogP contribution in [-0.4, -0.2) is 22.4 Å². The number of methoxy groups -OCH3 is 1. The molecule has 0 saturated heterocycles. The lowest BCUT2D eigenvalue weighted by Crippen LogP contribution is -2.11. The Kier molecular flexibility index (Phi) is 6.39. The smallest absolute Gasteiger partial charge is 0.257 e. The van der Waals surface area contributed by atoms with Crippen LogP contribution in [0.1, 0.15) is 21.5 Å². The van der Waals surface area contributed by atoms with E-state index in [1.165, 1.54) is 0 Å². The van der Waals surface area contributed by atoms with Crippen molar-refractivity contribution < 1.29 is 14.3 Å². The van der Waals surface area contributed by atoms with Crippen LogP contribution in [0.5, 0.6) is 11.5 Å². The van der Waals surface area contributed by atoms with Crippen LogP contribution in [0.2, 0.25) is 0 Å². The van der Waals surface area contributed by atoms with Gasteiger partial charge in [0.15, 0.2) is 5.82 Å². The SMILES string of the molecule is COc1cccc(-c2nsc(NC(=O)c3cccc(OCc4ccccc4C#N)c3)n2)c1. The topological polar surface area (TPSA) is 97.1 Å². The molecule has 0 aliphatic carbocycles. The van der Waals surface area contributed by atoms with Gasteiger partial charge in [-0.15, -0.1) is 0 Å². The Morgan fingerprint density at radius 1 is 1.06 bits per heavy atom. The zero-order chi connectivity index (χ0) is 22.3. The minimum absolute atomic E-state index is 0.231. The van der Waals surface area contributed by atoms with E-state index in [2.05, 4.69) is 20.7 Å². The van der Waals surface area contributed by atoms with E-state index in [9.17, 15) is 10.1 Å². The van der Waals surface area contributed by atoms with E-state index in [0.717, 1.165) is 22.7 Å². The molecule has 0 fully saturated rings. The van der Waals surface area contributed by atoms with Crippen LogP contribution in [0, 0.1) is 11.3 Å². The first-order valence-corrected chi connectivity index (χ1v) is 10.4. The van der Waals surface area contributed by atoms with Crippen molar-refractivity contribution in [1.29, 1.82) is 5.26 Å². The fourth-order valence-electron chi connectivity index (χ4n) is 2.97. The predicted octanol–water partition coefficient (Wildman–Crippen LogP) is 4.92. The summed E-state index contributed by atoms with van der Waals surface area (Å²) < 4.78 is 15.3. The summed E-state index contributed by atoms with van der Waals surface area (Å²) >= 11 is 1.10. The highest BCUT2D eigenvalue weighted by Crippen LogP contribution is 2.25. The molecule has 0 atom stereocenters. The van der Waals surface area contributed by atoms with Crippen molar-refractivity contribution in [3.8, 4) is 29.0 Å². The van der Waals surface area contributed by atoms with Crippen LogP contribution in [0.3, 0.4) is 0 Å². The summed E-state index contributed by atoms with van der Waals surface area (Å²) in [6.45, 7) is 0.231. The fraction of sp³-hybridized carbons (Fsp3) is 0.0833. The van der Waals surface area contributed by atoms with Crippen molar-refractivity contribution in [2.24, 2.45) is 0 Å². The van der Waals surface area contributed by atoms with Gasteiger partial charge >= 0.3 is 0 Å². The van der Waals surface area contributed by atoms with E-state index in [0.29, 0.717) is 33.6 Å². The summed E-state index contributed by atoms with van der Waals surface area (Å²) in [5, 5.41) is 12.4. The summed E-state index contributed by atoms with van der Waals surface area (Å²) in [5.74, 6) is 1.43. The second-order valence-electron chi connectivity index (χ2n) is 6.69. The number of hydrogen-bond donors (Lipinski definition) is 1. The number of nitrogens with one attached hydrogen (secondary N) is 1. The summed E-state index contributed by atoms with van der Waals surface area (Å²) in [6.07, 6.45) is 0. The summed E-state index contributed by atoms with van der Waals surface area (Å²) in [6, 6.07) is 23.6. The van der Waals surface area contributed by atoms with Crippen molar-refractivity contribution in [2.45, 2.75) is 6.61 Å². The molecule has 0 aliphatic rings. The molecule has 0 spiro atoms. The van der Waals surface area contributed by atoms with Gasteiger partial charge < -0.3 is 9.47 Å². The molecule has 1 N–H and O–H groups in total. The highest BCUT2D eigenvalue weighted by Gasteiger charge is 2.13. The largest absolute Gasteiger partial charge is 0.497 e. The standard InChI is InChI=1S/C24H18N4O3S/c1-30-20-10-4-8-16(12-20)22-26-24(32-28-22)27-23(29)17-9-5-11-21(13-17)31-15-19-7-3-2-6-18(19)14-25/h2-13H,15H2,1H3,(H,26,27,28,29). The van der Waals surface area contributed by atoms with Crippen molar-refractivity contribution in [3.05, 3.63) is 89.5 Å². The molecule has 0 saturated carbocycles. The van der Waals surface area contributed by atoms with E-state index in [1.54, 1.807) is 43.5 Å². The normalized spacial score (nSPS) is 10.2. The zero-order valence-corrected chi connectivity index (χ0v) is 17.9. The molecule has 0 aliphatic heterocycles. The number of carbonyl (C=O) groups excluding carboxylic acids is 1. The maximum absolute atomic E-state index is 12.7. The molecule has 0 bridgehead atoms. The maximum atomic E-state index is 12.7. The molecular formula is C24H18N4O3S. The van der Waals surface area contributed by atoms with Crippen LogP contribution in [-0.2, 0) is 6.61 Å². The van der Waals surface area contributed by atoms with E-state index < -0.39 is 0 Å². The molecule has 0 radical (unpaired) electrons. The summed E-state index contributed by atoms with van der Waals surface area (Å²) in [7, 11) is 1.60. The van der Waals surface area contributed by atoms with Gasteiger partial charge in [0.25, 0.3) is 5.91 Å². The number of nitriles is 1. The Bertz CT molecular complexity index is 1300. The van der Waals surface area contributed by atoms with E-state index in [4.69, 9.17) is 9.47 Å². The van der Waals surface area contributed by atoms with Crippen LogP contribution >= 0.6 is 11.5 Å². The van der Waals surface area contributed by atoms with Crippen LogP contribution in [0.25, 0.3) is 11.4 Å². The van der Waals surface area contributed by atoms with Gasteiger partial charge in [0.05, 0.1) is 18.7 Å². The Labute approximate surface area is 189 Å². The molecule has 4 rings (SSSR count). The third-order valence-electron chi connectivity index (χ3n) is 4.60. The number of amides is 1. The number of rotatable bonds is 7. The van der Waals surface area contributed by atoms with Gasteiger partial charge in [-0.2, -0.15) is 14.6 Å². The number of carbonyl (C=O) groups is 1. The molecule has 158 valence electrons. The molecule has 32 heavy (non-hydrogen) atoms. The van der Waals surface area contributed by atoms with Crippen molar-refractivity contribution in [1.82, 2.24) is 9.36 Å². The lowest BCUT2D eigenvalue weighted by atomic mass is 10.1. The quantitative estimate of drug-likeness (QED) is 0.436. The third-order valence-corrected chi connectivity index (χ3v) is 5.23. The molecule has 1 aromatic heterocycles. The van der Waals surface area contributed by atoms with Gasteiger partial charge in [0.1, 0.15) is 18.1 Å². The first-order chi connectivity index (χ1) is 15.7. The van der Waals surface area contributed by atoms with Crippen LogP contribution in [0.4, 0.5) is 5.13 Å².